The molecule has 8 heteroatoms. The van der Waals surface area contributed by atoms with Crippen molar-refractivity contribution in [2.45, 2.75) is 32.8 Å². The summed E-state index contributed by atoms with van der Waals surface area (Å²) < 4.78 is 7.12. The predicted octanol–water partition coefficient (Wildman–Crippen LogP) is 0.986. The Balaban J connectivity index is 1.51. The summed E-state index contributed by atoms with van der Waals surface area (Å²) in [5, 5.41) is 10.5. The van der Waals surface area contributed by atoms with Crippen LogP contribution < -0.4 is 10.6 Å². The molecule has 2 aromatic rings. The molecular formula is C16H22N6O2. The van der Waals surface area contributed by atoms with Crippen molar-refractivity contribution in [2.24, 2.45) is 0 Å². The standard InChI is InChI=1S/C16H22N6O2/c1-11-8-12(2)22(21-11)15-9-14(19-10-20-15)17-5-6-18-16(23)13-4-3-7-24-13/h8-10,13H,3-7H2,1-2H3,(H,18,23)(H,17,19,20)/t13-/m1/s1. The monoisotopic (exact) mass is 330 g/mol. The second-order valence-corrected chi connectivity index (χ2v) is 5.82. The number of amides is 1. The fraction of sp³-hybridized carbons (Fsp3) is 0.500. The minimum absolute atomic E-state index is 0.0414. The van der Waals surface area contributed by atoms with Crippen molar-refractivity contribution < 1.29 is 9.53 Å². The van der Waals surface area contributed by atoms with Gasteiger partial charge in [0, 0.05) is 31.5 Å². The van der Waals surface area contributed by atoms with E-state index in [0.717, 1.165) is 24.2 Å². The van der Waals surface area contributed by atoms with Crippen LogP contribution in [0.4, 0.5) is 5.82 Å². The quantitative estimate of drug-likeness (QED) is 0.767. The van der Waals surface area contributed by atoms with Crippen LogP contribution in [0.3, 0.4) is 0 Å². The third kappa shape index (κ3) is 3.88. The zero-order valence-corrected chi connectivity index (χ0v) is 14.0. The number of carbonyl (C=O) groups is 1. The first-order valence-electron chi connectivity index (χ1n) is 8.12. The van der Waals surface area contributed by atoms with Crippen LogP contribution in [-0.4, -0.2) is 51.5 Å². The van der Waals surface area contributed by atoms with Gasteiger partial charge in [-0.25, -0.2) is 14.6 Å². The lowest BCUT2D eigenvalue weighted by Crippen LogP contribution is -2.36. The second-order valence-electron chi connectivity index (χ2n) is 5.82. The van der Waals surface area contributed by atoms with E-state index in [0.29, 0.717) is 31.3 Å². The van der Waals surface area contributed by atoms with Crippen molar-refractivity contribution in [3.63, 3.8) is 0 Å². The molecule has 0 bridgehead atoms. The SMILES string of the molecule is Cc1cc(C)n(-c2cc(NCCNC(=O)[C@H]3CCCO3)ncn2)n1. The number of nitrogens with zero attached hydrogens (tertiary/aromatic N) is 4. The summed E-state index contributed by atoms with van der Waals surface area (Å²) in [6, 6.07) is 3.83. The van der Waals surface area contributed by atoms with Crippen LogP contribution in [0.5, 0.6) is 0 Å². The van der Waals surface area contributed by atoms with Crippen LogP contribution >= 0.6 is 0 Å². The number of aryl methyl sites for hydroxylation is 2. The Kier molecular flexibility index (Phi) is 5.05. The normalized spacial score (nSPS) is 17.0. The van der Waals surface area contributed by atoms with Crippen molar-refractivity contribution in [1.82, 2.24) is 25.1 Å². The molecule has 1 atom stereocenters. The fourth-order valence-electron chi connectivity index (χ4n) is 2.69. The van der Waals surface area contributed by atoms with Crippen molar-refractivity contribution in [3.05, 3.63) is 29.8 Å². The summed E-state index contributed by atoms with van der Waals surface area (Å²) in [5.74, 6) is 1.36. The average Bonchev–Trinajstić information content (AvgIpc) is 3.21. The number of ether oxygens (including phenoxy) is 1. The van der Waals surface area contributed by atoms with E-state index < -0.39 is 0 Å². The Morgan fingerprint density at radius 1 is 1.33 bits per heavy atom. The maximum atomic E-state index is 11.8. The van der Waals surface area contributed by atoms with E-state index in [2.05, 4.69) is 25.7 Å². The zero-order valence-electron chi connectivity index (χ0n) is 14.0. The Hall–Kier alpha value is -2.48. The van der Waals surface area contributed by atoms with Gasteiger partial charge >= 0.3 is 0 Å². The van der Waals surface area contributed by atoms with Gasteiger partial charge in [0.2, 0.25) is 5.91 Å². The van der Waals surface area contributed by atoms with Crippen molar-refractivity contribution in [1.29, 1.82) is 0 Å². The highest BCUT2D eigenvalue weighted by Gasteiger charge is 2.22. The third-order valence-electron chi connectivity index (χ3n) is 3.83. The van der Waals surface area contributed by atoms with Gasteiger partial charge in [-0.15, -0.1) is 0 Å². The van der Waals surface area contributed by atoms with Gasteiger partial charge in [-0.05, 0) is 32.8 Å². The molecule has 0 unspecified atom stereocenters. The van der Waals surface area contributed by atoms with Gasteiger partial charge in [-0.3, -0.25) is 4.79 Å². The van der Waals surface area contributed by atoms with Gasteiger partial charge in [-0.1, -0.05) is 0 Å². The largest absolute Gasteiger partial charge is 0.368 e. The topological polar surface area (TPSA) is 94.0 Å². The van der Waals surface area contributed by atoms with E-state index in [1.54, 1.807) is 4.68 Å². The maximum absolute atomic E-state index is 11.8. The smallest absolute Gasteiger partial charge is 0.249 e. The molecule has 0 radical (unpaired) electrons. The van der Waals surface area contributed by atoms with Gasteiger partial charge in [0.25, 0.3) is 0 Å². The van der Waals surface area contributed by atoms with Crippen LogP contribution in [0.15, 0.2) is 18.5 Å². The summed E-state index contributed by atoms with van der Waals surface area (Å²) in [6.07, 6.45) is 2.96. The minimum Gasteiger partial charge on any atom is -0.368 e. The molecule has 0 spiro atoms. The highest BCUT2D eigenvalue weighted by Crippen LogP contribution is 2.13. The molecule has 1 aliphatic rings. The average molecular weight is 330 g/mol. The Labute approximate surface area is 140 Å². The molecule has 8 nitrogen and oxygen atoms in total. The number of rotatable bonds is 6. The lowest BCUT2D eigenvalue weighted by atomic mass is 10.2. The van der Waals surface area contributed by atoms with Crippen LogP contribution in [0.2, 0.25) is 0 Å². The molecule has 1 aliphatic heterocycles. The molecule has 3 heterocycles. The molecule has 24 heavy (non-hydrogen) atoms. The number of hydrogen-bond acceptors (Lipinski definition) is 6. The summed E-state index contributed by atoms with van der Waals surface area (Å²) in [7, 11) is 0. The number of nitrogens with one attached hydrogen (secondary N) is 2. The molecule has 1 fully saturated rings. The number of hydrogen-bond donors (Lipinski definition) is 2. The van der Waals surface area contributed by atoms with Gasteiger partial charge in [0.1, 0.15) is 18.2 Å². The Morgan fingerprint density at radius 3 is 2.92 bits per heavy atom. The molecule has 2 N–H and O–H groups in total. The number of carbonyl (C=O) groups excluding carboxylic acids is 1. The molecule has 2 aromatic heterocycles. The highest BCUT2D eigenvalue weighted by molar-refractivity contribution is 5.80. The minimum atomic E-state index is -0.290. The zero-order chi connectivity index (χ0) is 16.9. The molecule has 3 rings (SSSR count). The van der Waals surface area contributed by atoms with Crippen molar-refractivity contribution >= 4 is 11.7 Å². The van der Waals surface area contributed by atoms with Gasteiger partial charge in [-0.2, -0.15) is 5.10 Å². The van der Waals surface area contributed by atoms with E-state index in [4.69, 9.17) is 4.74 Å². The molecule has 128 valence electrons. The van der Waals surface area contributed by atoms with Gasteiger partial charge in [0.05, 0.1) is 5.69 Å². The molecule has 1 saturated heterocycles. The molecule has 1 amide bonds. The van der Waals surface area contributed by atoms with E-state index >= 15 is 0 Å². The number of anilines is 1. The second kappa shape index (κ2) is 7.39. The van der Waals surface area contributed by atoms with Crippen molar-refractivity contribution in [3.8, 4) is 5.82 Å². The van der Waals surface area contributed by atoms with Crippen LogP contribution in [-0.2, 0) is 9.53 Å². The molecular weight excluding hydrogens is 308 g/mol. The van der Waals surface area contributed by atoms with Crippen LogP contribution in [0, 0.1) is 13.8 Å². The summed E-state index contributed by atoms with van der Waals surface area (Å²) >= 11 is 0. The summed E-state index contributed by atoms with van der Waals surface area (Å²) in [5.41, 5.74) is 1.96. The third-order valence-corrected chi connectivity index (χ3v) is 3.83. The van der Waals surface area contributed by atoms with E-state index in [-0.39, 0.29) is 12.0 Å². The van der Waals surface area contributed by atoms with E-state index in [9.17, 15) is 4.79 Å². The molecule has 0 saturated carbocycles. The van der Waals surface area contributed by atoms with E-state index in [1.165, 1.54) is 6.33 Å². The van der Waals surface area contributed by atoms with Crippen molar-refractivity contribution in [2.75, 3.05) is 25.0 Å². The first-order chi connectivity index (χ1) is 11.6. The first-order valence-corrected chi connectivity index (χ1v) is 8.12. The van der Waals surface area contributed by atoms with Gasteiger partial charge < -0.3 is 15.4 Å². The summed E-state index contributed by atoms with van der Waals surface area (Å²) in [4.78, 5) is 20.3. The fourth-order valence-corrected chi connectivity index (χ4v) is 2.69. The highest BCUT2D eigenvalue weighted by atomic mass is 16.5. The Morgan fingerprint density at radius 2 is 2.21 bits per heavy atom. The summed E-state index contributed by atoms with van der Waals surface area (Å²) in [6.45, 7) is 5.69. The predicted molar refractivity (Wildman–Crippen MR) is 89.1 cm³/mol. The molecule has 0 aromatic carbocycles. The van der Waals surface area contributed by atoms with Crippen LogP contribution in [0.25, 0.3) is 5.82 Å². The lowest BCUT2D eigenvalue weighted by Gasteiger charge is -2.11. The maximum Gasteiger partial charge on any atom is 0.249 e. The number of aromatic nitrogens is 4. The first kappa shape index (κ1) is 16.4. The lowest BCUT2D eigenvalue weighted by molar-refractivity contribution is -0.129. The van der Waals surface area contributed by atoms with Crippen LogP contribution in [0.1, 0.15) is 24.2 Å². The molecule has 0 aliphatic carbocycles. The van der Waals surface area contributed by atoms with E-state index in [1.807, 2.05) is 26.0 Å². The Bertz CT molecular complexity index is 708. The van der Waals surface area contributed by atoms with Gasteiger partial charge in [0.15, 0.2) is 5.82 Å².